The fourth-order valence-corrected chi connectivity index (χ4v) is 3.62. The van der Waals surface area contributed by atoms with Crippen molar-refractivity contribution in [2.24, 2.45) is 0 Å². The number of halogens is 2. The maximum Gasteiger partial charge on any atom is 0.256 e. The van der Waals surface area contributed by atoms with E-state index in [1.165, 1.54) is 12.8 Å². The summed E-state index contributed by atoms with van der Waals surface area (Å²) in [7, 11) is 0. The number of hydrogen-bond donors (Lipinski definition) is 1. The van der Waals surface area contributed by atoms with Gasteiger partial charge in [0.25, 0.3) is 5.91 Å². The molecule has 1 fully saturated rings. The van der Waals surface area contributed by atoms with E-state index in [9.17, 15) is 4.79 Å². The van der Waals surface area contributed by atoms with Crippen LogP contribution in [0.25, 0.3) is 0 Å². The molecule has 0 radical (unpaired) electrons. The Kier molecular flexibility index (Phi) is 5.03. The third kappa shape index (κ3) is 3.46. The van der Waals surface area contributed by atoms with Gasteiger partial charge < -0.3 is 10.2 Å². The predicted molar refractivity (Wildman–Crippen MR) is 103 cm³/mol. The number of nitrogens with one attached hydrogen (secondary N) is 1. The van der Waals surface area contributed by atoms with Crippen molar-refractivity contribution in [3.8, 4) is 0 Å². The van der Waals surface area contributed by atoms with Crippen molar-refractivity contribution in [3.63, 3.8) is 0 Å². The molecular formula is C17H16BrIN2O. The number of carbonyl (C=O) groups excluding carboxylic acids is 1. The fraction of sp³-hybridized carbons (Fsp3) is 0.235. The van der Waals surface area contributed by atoms with Gasteiger partial charge >= 0.3 is 0 Å². The summed E-state index contributed by atoms with van der Waals surface area (Å²) in [4.78, 5) is 14.9. The van der Waals surface area contributed by atoms with Gasteiger partial charge in [0.05, 0.1) is 16.9 Å². The van der Waals surface area contributed by atoms with Gasteiger partial charge in [-0.2, -0.15) is 0 Å². The molecule has 1 saturated heterocycles. The zero-order valence-electron chi connectivity index (χ0n) is 12.0. The summed E-state index contributed by atoms with van der Waals surface area (Å²) in [5.74, 6) is -0.0719. The maximum absolute atomic E-state index is 12.6. The average molecular weight is 471 g/mol. The Morgan fingerprint density at radius 1 is 1.14 bits per heavy atom. The van der Waals surface area contributed by atoms with Crippen LogP contribution in [0.4, 0.5) is 11.4 Å². The normalized spacial score (nSPS) is 14.2. The molecular weight excluding hydrogens is 455 g/mol. The molecule has 0 saturated carbocycles. The van der Waals surface area contributed by atoms with Crippen molar-refractivity contribution in [1.82, 2.24) is 0 Å². The summed E-state index contributed by atoms with van der Waals surface area (Å²) in [6.07, 6.45) is 2.43. The number of carbonyl (C=O) groups is 1. The lowest BCUT2D eigenvalue weighted by molar-refractivity contribution is 0.102. The Labute approximate surface area is 152 Å². The number of nitrogens with zero attached hydrogens (tertiary/aromatic N) is 1. The van der Waals surface area contributed by atoms with Crippen molar-refractivity contribution in [2.45, 2.75) is 12.8 Å². The summed E-state index contributed by atoms with van der Waals surface area (Å²) in [6.45, 7) is 2.11. The molecule has 2 aromatic rings. The molecule has 2 aromatic carbocycles. The standard InChI is InChI=1S/C17H16BrIN2O/c18-12-7-8-14(19)13(11-12)17(22)20-15-5-1-2-6-16(15)21-9-3-4-10-21/h1-2,5-8,11H,3-4,9-10H2,(H,20,22). The van der Waals surface area contributed by atoms with Crippen molar-refractivity contribution in [3.05, 3.63) is 56.1 Å². The highest BCUT2D eigenvalue weighted by atomic mass is 127. The van der Waals surface area contributed by atoms with Gasteiger partial charge in [-0.25, -0.2) is 0 Å². The van der Waals surface area contributed by atoms with Crippen LogP contribution in [-0.4, -0.2) is 19.0 Å². The van der Waals surface area contributed by atoms with Crippen molar-refractivity contribution in [1.29, 1.82) is 0 Å². The average Bonchev–Trinajstić information content (AvgIpc) is 3.04. The Hall–Kier alpha value is -1.08. The van der Waals surface area contributed by atoms with E-state index in [-0.39, 0.29) is 5.91 Å². The number of rotatable bonds is 3. The summed E-state index contributed by atoms with van der Waals surface area (Å²) < 4.78 is 1.85. The van der Waals surface area contributed by atoms with E-state index in [0.29, 0.717) is 5.56 Å². The first-order valence-corrected chi connectivity index (χ1v) is 9.13. The molecule has 3 nitrogen and oxygen atoms in total. The monoisotopic (exact) mass is 470 g/mol. The highest BCUT2D eigenvalue weighted by molar-refractivity contribution is 14.1. The van der Waals surface area contributed by atoms with E-state index in [0.717, 1.165) is 32.5 Å². The molecule has 1 N–H and O–H groups in total. The van der Waals surface area contributed by atoms with E-state index in [2.05, 4.69) is 54.8 Å². The Morgan fingerprint density at radius 2 is 1.86 bits per heavy atom. The lowest BCUT2D eigenvalue weighted by atomic mass is 10.2. The van der Waals surface area contributed by atoms with Gasteiger partial charge in [0.1, 0.15) is 0 Å². The molecule has 0 aromatic heterocycles. The first kappa shape index (κ1) is 15.8. The largest absolute Gasteiger partial charge is 0.370 e. The maximum atomic E-state index is 12.6. The van der Waals surface area contributed by atoms with Crippen LogP contribution >= 0.6 is 38.5 Å². The highest BCUT2D eigenvalue weighted by Crippen LogP contribution is 2.29. The predicted octanol–water partition coefficient (Wildman–Crippen LogP) is 4.91. The lowest BCUT2D eigenvalue weighted by Gasteiger charge is -2.21. The summed E-state index contributed by atoms with van der Waals surface area (Å²) in [6, 6.07) is 13.8. The van der Waals surface area contributed by atoms with Crippen molar-refractivity contribution in [2.75, 3.05) is 23.3 Å². The topological polar surface area (TPSA) is 32.3 Å². The zero-order valence-corrected chi connectivity index (χ0v) is 15.7. The summed E-state index contributed by atoms with van der Waals surface area (Å²) in [5, 5.41) is 3.07. The van der Waals surface area contributed by atoms with Crippen molar-refractivity contribution >= 4 is 55.8 Å². The molecule has 22 heavy (non-hydrogen) atoms. The second kappa shape index (κ2) is 7.00. The second-order valence-corrected chi connectivity index (χ2v) is 7.37. The van der Waals surface area contributed by atoms with Gasteiger partial charge in [-0.05, 0) is 65.8 Å². The summed E-state index contributed by atoms with van der Waals surface area (Å²) in [5.41, 5.74) is 2.68. The molecule has 0 aliphatic carbocycles. The number of hydrogen-bond acceptors (Lipinski definition) is 2. The van der Waals surface area contributed by atoms with Crippen LogP contribution in [0.3, 0.4) is 0 Å². The Bertz CT molecular complexity index is 699. The van der Waals surface area contributed by atoms with Crippen LogP contribution in [0, 0.1) is 3.57 Å². The Morgan fingerprint density at radius 3 is 2.64 bits per heavy atom. The van der Waals surface area contributed by atoms with Gasteiger partial charge in [0, 0.05) is 21.1 Å². The summed E-state index contributed by atoms with van der Waals surface area (Å²) >= 11 is 5.62. The first-order chi connectivity index (χ1) is 10.6. The minimum atomic E-state index is -0.0719. The second-order valence-electron chi connectivity index (χ2n) is 5.29. The molecule has 1 heterocycles. The van der Waals surface area contributed by atoms with Crippen LogP contribution in [0.5, 0.6) is 0 Å². The molecule has 1 aliphatic rings. The third-order valence-electron chi connectivity index (χ3n) is 3.77. The molecule has 0 bridgehead atoms. The Balaban J connectivity index is 1.86. The van der Waals surface area contributed by atoms with Gasteiger partial charge in [-0.3, -0.25) is 4.79 Å². The molecule has 114 valence electrons. The molecule has 0 spiro atoms. The lowest BCUT2D eigenvalue weighted by Crippen LogP contribution is -2.21. The van der Waals surface area contributed by atoms with E-state index in [4.69, 9.17) is 0 Å². The molecule has 0 atom stereocenters. The van der Waals surface area contributed by atoms with Gasteiger partial charge in [0.2, 0.25) is 0 Å². The minimum absolute atomic E-state index is 0.0719. The van der Waals surface area contributed by atoms with Crippen LogP contribution in [0.15, 0.2) is 46.9 Å². The highest BCUT2D eigenvalue weighted by Gasteiger charge is 2.18. The van der Waals surface area contributed by atoms with E-state index in [1.807, 2.05) is 36.4 Å². The number of anilines is 2. The minimum Gasteiger partial charge on any atom is -0.370 e. The molecule has 1 amide bonds. The van der Waals surface area contributed by atoms with Crippen LogP contribution < -0.4 is 10.2 Å². The van der Waals surface area contributed by atoms with Crippen LogP contribution in [0.2, 0.25) is 0 Å². The zero-order chi connectivity index (χ0) is 15.5. The van der Waals surface area contributed by atoms with Crippen molar-refractivity contribution < 1.29 is 4.79 Å². The van der Waals surface area contributed by atoms with E-state index >= 15 is 0 Å². The quantitative estimate of drug-likeness (QED) is 0.646. The fourth-order valence-electron chi connectivity index (χ4n) is 2.67. The number of amides is 1. The number of benzene rings is 2. The van der Waals surface area contributed by atoms with Gasteiger partial charge in [-0.15, -0.1) is 0 Å². The molecule has 0 unspecified atom stereocenters. The van der Waals surface area contributed by atoms with Crippen LogP contribution in [0.1, 0.15) is 23.2 Å². The number of para-hydroxylation sites is 2. The molecule has 3 rings (SSSR count). The molecule has 1 aliphatic heterocycles. The van der Waals surface area contributed by atoms with E-state index in [1.54, 1.807) is 0 Å². The smallest absolute Gasteiger partial charge is 0.256 e. The molecule has 5 heteroatoms. The van der Waals surface area contributed by atoms with Gasteiger partial charge in [0.15, 0.2) is 0 Å². The van der Waals surface area contributed by atoms with E-state index < -0.39 is 0 Å². The SMILES string of the molecule is O=C(Nc1ccccc1N1CCCC1)c1cc(Br)ccc1I. The first-order valence-electron chi connectivity index (χ1n) is 7.25. The van der Waals surface area contributed by atoms with Crippen LogP contribution in [-0.2, 0) is 0 Å². The third-order valence-corrected chi connectivity index (χ3v) is 5.21. The van der Waals surface area contributed by atoms with Gasteiger partial charge in [-0.1, -0.05) is 28.1 Å².